The molecule has 0 saturated heterocycles. The summed E-state index contributed by atoms with van der Waals surface area (Å²) in [6.45, 7) is 3.11. The molecule has 3 rings (SSSR count). The Bertz CT molecular complexity index is 530. The Hall–Kier alpha value is -1.83. The third-order valence-corrected chi connectivity index (χ3v) is 3.54. The number of rotatable bonds is 4. The summed E-state index contributed by atoms with van der Waals surface area (Å²) in [5, 5.41) is 3.45. The van der Waals surface area contributed by atoms with Gasteiger partial charge in [0.15, 0.2) is 0 Å². The van der Waals surface area contributed by atoms with Gasteiger partial charge >= 0.3 is 0 Å². The molecular formula is C16H18N2. The number of pyridine rings is 1. The van der Waals surface area contributed by atoms with E-state index in [1.54, 1.807) is 11.8 Å². The zero-order valence-corrected chi connectivity index (χ0v) is 10.7. The van der Waals surface area contributed by atoms with Crippen molar-refractivity contribution in [2.75, 3.05) is 5.32 Å². The molecule has 1 saturated carbocycles. The van der Waals surface area contributed by atoms with Crippen LogP contribution in [-0.2, 0) is 6.54 Å². The molecule has 18 heavy (non-hydrogen) atoms. The molecule has 1 aliphatic rings. The zero-order chi connectivity index (χ0) is 12.4. The molecule has 1 N–H and O–H groups in total. The quantitative estimate of drug-likeness (QED) is 0.874. The van der Waals surface area contributed by atoms with E-state index in [4.69, 9.17) is 0 Å². The molecule has 0 aliphatic heterocycles. The van der Waals surface area contributed by atoms with Crippen LogP contribution >= 0.6 is 0 Å². The Morgan fingerprint density at radius 1 is 1.22 bits per heavy atom. The van der Waals surface area contributed by atoms with Gasteiger partial charge in [-0.05, 0) is 54.5 Å². The minimum Gasteiger partial charge on any atom is -0.380 e. The fourth-order valence-electron chi connectivity index (χ4n) is 2.52. The lowest BCUT2D eigenvalue weighted by molar-refractivity contribution is 1.01. The minimum absolute atomic E-state index is 0.803. The largest absolute Gasteiger partial charge is 0.380 e. The number of nitrogens with one attached hydrogen (secondary N) is 1. The van der Waals surface area contributed by atoms with Crippen LogP contribution in [0.25, 0.3) is 0 Å². The van der Waals surface area contributed by atoms with Gasteiger partial charge in [-0.2, -0.15) is 0 Å². The lowest BCUT2D eigenvalue weighted by atomic mass is 9.98. The first-order chi connectivity index (χ1) is 8.84. The van der Waals surface area contributed by atoms with Crippen LogP contribution in [0.2, 0.25) is 0 Å². The highest BCUT2D eigenvalue weighted by Gasteiger charge is 2.27. The molecule has 1 heterocycles. The summed E-state index contributed by atoms with van der Waals surface area (Å²) in [4.78, 5) is 4.12. The second-order valence-corrected chi connectivity index (χ2v) is 5.02. The smallest absolute Gasteiger partial charge is 0.0529 e. The van der Waals surface area contributed by atoms with Crippen molar-refractivity contribution in [2.24, 2.45) is 0 Å². The molecule has 0 bridgehead atoms. The topological polar surface area (TPSA) is 24.9 Å². The van der Waals surface area contributed by atoms with Crippen LogP contribution in [0.1, 0.15) is 35.4 Å². The van der Waals surface area contributed by atoms with Gasteiger partial charge in [-0.1, -0.05) is 18.2 Å². The second-order valence-electron chi connectivity index (χ2n) is 5.02. The molecule has 0 amide bonds. The van der Waals surface area contributed by atoms with E-state index in [2.05, 4.69) is 41.5 Å². The first kappa shape index (κ1) is 11.3. The van der Waals surface area contributed by atoms with E-state index in [1.807, 2.05) is 12.3 Å². The lowest BCUT2D eigenvalue weighted by Crippen LogP contribution is -2.04. The average molecular weight is 238 g/mol. The zero-order valence-electron chi connectivity index (χ0n) is 10.7. The van der Waals surface area contributed by atoms with E-state index in [9.17, 15) is 0 Å². The molecular weight excluding hydrogens is 220 g/mol. The normalized spacial score (nSPS) is 14.5. The molecule has 1 fully saturated rings. The first-order valence-corrected chi connectivity index (χ1v) is 6.57. The molecule has 2 nitrogen and oxygen atoms in total. The monoisotopic (exact) mass is 238 g/mol. The van der Waals surface area contributed by atoms with Gasteiger partial charge in [0.1, 0.15) is 0 Å². The summed E-state index contributed by atoms with van der Waals surface area (Å²) < 4.78 is 0. The molecule has 2 aromatic rings. The van der Waals surface area contributed by atoms with Crippen LogP contribution in [0.3, 0.4) is 0 Å². The molecule has 1 aliphatic carbocycles. The van der Waals surface area contributed by atoms with Crippen LogP contribution in [0.5, 0.6) is 0 Å². The van der Waals surface area contributed by atoms with Gasteiger partial charge < -0.3 is 5.32 Å². The van der Waals surface area contributed by atoms with E-state index in [0.29, 0.717) is 0 Å². The third-order valence-electron chi connectivity index (χ3n) is 3.54. The van der Waals surface area contributed by atoms with E-state index >= 15 is 0 Å². The summed E-state index contributed by atoms with van der Waals surface area (Å²) in [7, 11) is 0. The number of aromatic nitrogens is 1. The Kier molecular flexibility index (Phi) is 3.01. The molecule has 92 valence electrons. The van der Waals surface area contributed by atoms with Crippen LogP contribution in [0.4, 0.5) is 5.69 Å². The molecule has 0 atom stereocenters. The van der Waals surface area contributed by atoms with E-state index in [1.165, 1.54) is 24.0 Å². The molecule has 2 heteroatoms. The van der Waals surface area contributed by atoms with Crippen LogP contribution in [0.15, 0.2) is 42.7 Å². The van der Waals surface area contributed by atoms with Crippen LogP contribution < -0.4 is 5.32 Å². The molecule has 1 aromatic heterocycles. The number of nitrogens with zero attached hydrogens (tertiary/aromatic N) is 1. The average Bonchev–Trinajstić information content (AvgIpc) is 3.22. The highest BCUT2D eigenvalue weighted by Crippen LogP contribution is 2.43. The number of benzene rings is 1. The Labute approximate surface area is 108 Å². The van der Waals surface area contributed by atoms with Crippen molar-refractivity contribution in [1.29, 1.82) is 0 Å². The maximum Gasteiger partial charge on any atom is 0.0529 e. The predicted molar refractivity (Wildman–Crippen MR) is 74.7 cm³/mol. The second kappa shape index (κ2) is 4.81. The maximum absolute atomic E-state index is 4.12. The summed E-state index contributed by atoms with van der Waals surface area (Å²) in [6.07, 6.45) is 6.37. The fraction of sp³-hybridized carbons (Fsp3) is 0.312. The number of hydrogen-bond acceptors (Lipinski definition) is 2. The highest BCUT2D eigenvalue weighted by atomic mass is 14.9. The van der Waals surface area contributed by atoms with Crippen LogP contribution in [0, 0.1) is 6.92 Å². The van der Waals surface area contributed by atoms with Gasteiger partial charge in [0.2, 0.25) is 0 Å². The number of hydrogen-bond donors (Lipinski definition) is 1. The van der Waals surface area contributed by atoms with Gasteiger partial charge in [-0.25, -0.2) is 0 Å². The van der Waals surface area contributed by atoms with E-state index in [0.717, 1.165) is 18.2 Å². The molecule has 0 spiro atoms. The van der Waals surface area contributed by atoms with Crippen molar-refractivity contribution in [3.63, 3.8) is 0 Å². The van der Waals surface area contributed by atoms with Gasteiger partial charge in [0, 0.05) is 18.9 Å². The van der Waals surface area contributed by atoms with Gasteiger partial charge in [-0.15, -0.1) is 0 Å². The lowest BCUT2D eigenvalue weighted by Gasteiger charge is -2.13. The summed E-state index contributed by atoms with van der Waals surface area (Å²) in [6, 6.07) is 10.6. The van der Waals surface area contributed by atoms with Crippen molar-refractivity contribution >= 4 is 5.69 Å². The van der Waals surface area contributed by atoms with Crippen molar-refractivity contribution in [3.8, 4) is 0 Å². The van der Waals surface area contributed by atoms with Crippen molar-refractivity contribution in [1.82, 2.24) is 4.98 Å². The van der Waals surface area contributed by atoms with Crippen molar-refractivity contribution < 1.29 is 0 Å². The SMILES string of the molecule is Cc1cccc(CNc2cccnc2)c1C1CC1. The maximum atomic E-state index is 4.12. The standard InChI is InChI=1S/C16H18N2/c1-12-4-2-5-14(16(12)13-7-8-13)10-18-15-6-3-9-17-11-15/h2-6,9,11,13,18H,7-8,10H2,1H3. The fourth-order valence-corrected chi connectivity index (χ4v) is 2.52. The summed E-state index contributed by atoms with van der Waals surface area (Å²) in [5.74, 6) is 0.803. The van der Waals surface area contributed by atoms with Crippen LogP contribution in [-0.4, -0.2) is 4.98 Å². The Morgan fingerprint density at radius 3 is 2.83 bits per heavy atom. The highest BCUT2D eigenvalue weighted by molar-refractivity contribution is 5.44. The Morgan fingerprint density at radius 2 is 2.11 bits per heavy atom. The predicted octanol–water partition coefficient (Wildman–Crippen LogP) is 3.88. The Balaban J connectivity index is 1.78. The van der Waals surface area contributed by atoms with Crippen molar-refractivity contribution in [2.45, 2.75) is 32.2 Å². The molecule has 0 radical (unpaired) electrons. The summed E-state index contributed by atoms with van der Waals surface area (Å²) >= 11 is 0. The summed E-state index contributed by atoms with van der Waals surface area (Å²) in [5.41, 5.74) is 5.51. The van der Waals surface area contributed by atoms with Gasteiger partial charge in [0.25, 0.3) is 0 Å². The minimum atomic E-state index is 0.803. The number of aryl methyl sites for hydroxylation is 1. The third kappa shape index (κ3) is 2.37. The van der Waals surface area contributed by atoms with Gasteiger partial charge in [-0.3, -0.25) is 4.98 Å². The molecule has 1 aromatic carbocycles. The molecule has 0 unspecified atom stereocenters. The van der Waals surface area contributed by atoms with E-state index < -0.39 is 0 Å². The number of anilines is 1. The van der Waals surface area contributed by atoms with Gasteiger partial charge in [0.05, 0.1) is 5.69 Å². The van der Waals surface area contributed by atoms with Crippen molar-refractivity contribution in [3.05, 3.63) is 59.4 Å². The first-order valence-electron chi connectivity index (χ1n) is 6.57. The van der Waals surface area contributed by atoms with E-state index in [-0.39, 0.29) is 0 Å².